The van der Waals surface area contributed by atoms with Crippen molar-refractivity contribution in [1.82, 2.24) is 14.9 Å². The van der Waals surface area contributed by atoms with Gasteiger partial charge in [0.1, 0.15) is 5.82 Å². The molecule has 0 saturated carbocycles. The molecule has 160 valence electrons. The summed E-state index contributed by atoms with van der Waals surface area (Å²) in [6.07, 6.45) is 0. The van der Waals surface area contributed by atoms with E-state index in [-0.39, 0.29) is 11.6 Å². The van der Waals surface area contributed by atoms with E-state index in [4.69, 9.17) is 0 Å². The molecule has 3 aromatic rings. The lowest BCUT2D eigenvalue weighted by atomic mass is 10.1. The highest BCUT2D eigenvalue weighted by atomic mass is 16.6. The molecule has 1 amide bonds. The van der Waals surface area contributed by atoms with Gasteiger partial charge in [0, 0.05) is 54.7 Å². The van der Waals surface area contributed by atoms with Crippen molar-refractivity contribution in [2.24, 2.45) is 0 Å². The summed E-state index contributed by atoms with van der Waals surface area (Å²) in [5, 5.41) is 14.3. The van der Waals surface area contributed by atoms with Crippen LogP contribution in [0.5, 0.6) is 0 Å². The second-order valence-corrected chi connectivity index (χ2v) is 7.05. The van der Waals surface area contributed by atoms with E-state index in [0.29, 0.717) is 42.4 Å². The number of hydrogen-bond donors (Lipinski definition) is 1. The van der Waals surface area contributed by atoms with E-state index >= 15 is 0 Å². The van der Waals surface area contributed by atoms with Crippen LogP contribution in [0.2, 0.25) is 0 Å². The summed E-state index contributed by atoms with van der Waals surface area (Å²) >= 11 is 0. The number of nitrogens with one attached hydrogen (secondary N) is 1. The van der Waals surface area contributed by atoms with E-state index in [9.17, 15) is 14.9 Å². The Morgan fingerprint density at radius 1 is 1.06 bits per heavy atom. The van der Waals surface area contributed by atoms with Crippen molar-refractivity contribution in [3.05, 3.63) is 81.5 Å². The first kappa shape index (κ1) is 21.9. The fourth-order valence-corrected chi connectivity index (χ4v) is 3.20. The van der Waals surface area contributed by atoms with Crippen molar-refractivity contribution in [3.8, 4) is 11.4 Å². The Labute approximate surface area is 181 Å². The number of carbonyl (C=O) groups excluding carboxylic acids is 1. The molecule has 8 heteroatoms. The summed E-state index contributed by atoms with van der Waals surface area (Å²) in [6, 6.07) is 15.6. The third kappa shape index (κ3) is 5.42. The van der Waals surface area contributed by atoms with Crippen LogP contribution in [0.25, 0.3) is 11.4 Å². The molecule has 0 fully saturated rings. The van der Waals surface area contributed by atoms with Crippen molar-refractivity contribution < 1.29 is 9.72 Å². The third-order valence-electron chi connectivity index (χ3n) is 4.89. The van der Waals surface area contributed by atoms with Gasteiger partial charge >= 0.3 is 0 Å². The number of aryl methyl sites for hydroxylation is 1. The van der Waals surface area contributed by atoms with Crippen LogP contribution in [0.4, 0.5) is 11.5 Å². The smallest absolute Gasteiger partial charge is 0.270 e. The fraction of sp³-hybridized carbons (Fsp3) is 0.261. The van der Waals surface area contributed by atoms with Gasteiger partial charge in [-0.05, 0) is 38.5 Å². The molecular weight excluding hydrogens is 394 g/mol. The highest BCUT2D eigenvalue weighted by Crippen LogP contribution is 2.22. The normalized spacial score (nSPS) is 10.5. The summed E-state index contributed by atoms with van der Waals surface area (Å²) < 4.78 is 0. The van der Waals surface area contributed by atoms with Crippen LogP contribution in [0.1, 0.15) is 35.5 Å². The average molecular weight is 419 g/mol. The number of carbonyl (C=O) groups is 1. The van der Waals surface area contributed by atoms with Crippen LogP contribution in [0.3, 0.4) is 0 Å². The first-order valence-corrected chi connectivity index (χ1v) is 10.1. The molecule has 0 radical (unpaired) electrons. The summed E-state index contributed by atoms with van der Waals surface area (Å²) in [7, 11) is 0. The van der Waals surface area contributed by atoms with E-state index < -0.39 is 4.92 Å². The zero-order valence-electron chi connectivity index (χ0n) is 17.8. The van der Waals surface area contributed by atoms with Gasteiger partial charge in [0.15, 0.2) is 5.82 Å². The van der Waals surface area contributed by atoms with Crippen LogP contribution in [-0.4, -0.2) is 38.8 Å². The monoisotopic (exact) mass is 419 g/mol. The van der Waals surface area contributed by atoms with Crippen molar-refractivity contribution in [1.29, 1.82) is 0 Å². The molecule has 1 aromatic heterocycles. The highest BCUT2D eigenvalue weighted by molar-refractivity contribution is 5.94. The molecule has 1 N–H and O–H groups in total. The zero-order valence-corrected chi connectivity index (χ0v) is 17.8. The predicted octanol–water partition coefficient (Wildman–Crippen LogP) is 4.45. The minimum Gasteiger partial charge on any atom is -0.366 e. The molecule has 0 bridgehead atoms. The van der Waals surface area contributed by atoms with Crippen molar-refractivity contribution in [2.75, 3.05) is 18.4 Å². The van der Waals surface area contributed by atoms with E-state index in [1.807, 2.05) is 51.1 Å². The molecule has 0 aliphatic heterocycles. The Morgan fingerprint density at radius 3 is 2.42 bits per heavy atom. The molecule has 3 rings (SSSR count). The van der Waals surface area contributed by atoms with Gasteiger partial charge in [-0.3, -0.25) is 14.9 Å². The number of nitro groups is 1. The topological polar surface area (TPSA) is 101 Å². The Kier molecular flexibility index (Phi) is 6.92. The van der Waals surface area contributed by atoms with E-state index in [2.05, 4.69) is 15.3 Å². The number of non-ortho nitro benzene ring substituents is 1. The van der Waals surface area contributed by atoms with Gasteiger partial charge in [-0.1, -0.05) is 24.3 Å². The summed E-state index contributed by atoms with van der Waals surface area (Å²) in [5.41, 5.74) is 3.00. The maximum atomic E-state index is 12.4. The van der Waals surface area contributed by atoms with Gasteiger partial charge in [-0.15, -0.1) is 0 Å². The number of aromatic nitrogens is 2. The third-order valence-corrected chi connectivity index (χ3v) is 4.89. The van der Waals surface area contributed by atoms with Crippen LogP contribution in [0.15, 0.2) is 54.6 Å². The standard InChI is InChI=1S/C23H25N5O3/c1-4-27(5-2)23(29)18-11-9-17(10-12-18)15-24-21-13-16(3)25-22(26-21)19-7-6-8-20(14-19)28(30)31/h6-14H,4-5,15H2,1-3H3,(H,24,25,26). The Balaban J connectivity index is 1.73. The van der Waals surface area contributed by atoms with E-state index in [1.165, 1.54) is 12.1 Å². The van der Waals surface area contributed by atoms with Crippen molar-refractivity contribution in [3.63, 3.8) is 0 Å². The Bertz CT molecular complexity index is 1080. The zero-order chi connectivity index (χ0) is 22.4. The Hall–Kier alpha value is -3.81. The molecule has 0 atom stereocenters. The minimum atomic E-state index is -0.437. The van der Waals surface area contributed by atoms with Crippen LogP contribution in [0, 0.1) is 17.0 Å². The quantitative estimate of drug-likeness (QED) is 0.427. The number of hydrogen-bond acceptors (Lipinski definition) is 6. The van der Waals surface area contributed by atoms with Crippen molar-refractivity contribution in [2.45, 2.75) is 27.3 Å². The molecule has 2 aromatic carbocycles. The summed E-state index contributed by atoms with van der Waals surface area (Å²) in [4.78, 5) is 33.7. The molecule has 0 aliphatic rings. The first-order valence-electron chi connectivity index (χ1n) is 10.1. The van der Waals surface area contributed by atoms with Gasteiger partial charge < -0.3 is 10.2 Å². The van der Waals surface area contributed by atoms with Gasteiger partial charge in [0.05, 0.1) is 4.92 Å². The van der Waals surface area contributed by atoms with Gasteiger partial charge in [-0.25, -0.2) is 9.97 Å². The fourth-order valence-electron chi connectivity index (χ4n) is 3.20. The van der Waals surface area contributed by atoms with E-state index in [1.54, 1.807) is 17.0 Å². The largest absolute Gasteiger partial charge is 0.366 e. The van der Waals surface area contributed by atoms with Gasteiger partial charge in [0.25, 0.3) is 11.6 Å². The number of nitrogens with zero attached hydrogens (tertiary/aromatic N) is 4. The molecule has 31 heavy (non-hydrogen) atoms. The maximum Gasteiger partial charge on any atom is 0.270 e. The molecule has 1 heterocycles. The number of rotatable bonds is 8. The average Bonchev–Trinajstić information content (AvgIpc) is 2.78. The first-order chi connectivity index (χ1) is 14.9. The number of nitro benzene ring substituents is 1. The second kappa shape index (κ2) is 9.80. The molecular formula is C23H25N5O3. The van der Waals surface area contributed by atoms with Gasteiger partial charge in [0.2, 0.25) is 0 Å². The molecule has 0 aliphatic carbocycles. The maximum absolute atomic E-state index is 12.4. The van der Waals surface area contributed by atoms with Crippen molar-refractivity contribution >= 4 is 17.4 Å². The lowest BCUT2D eigenvalue weighted by Crippen LogP contribution is -2.30. The van der Waals surface area contributed by atoms with Crippen LogP contribution in [-0.2, 0) is 6.54 Å². The lowest BCUT2D eigenvalue weighted by Gasteiger charge is -2.18. The summed E-state index contributed by atoms with van der Waals surface area (Å²) in [6.45, 7) is 7.65. The SMILES string of the molecule is CCN(CC)C(=O)c1ccc(CNc2cc(C)nc(-c3cccc([N+](=O)[O-])c3)n2)cc1. The molecule has 8 nitrogen and oxygen atoms in total. The van der Waals surface area contributed by atoms with Gasteiger partial charge in [-0.2, -0.15) is 0 Å². The van der Waals surface area contributed by atoms with Crippen LogP contribution < -0.4 is 5.32 Å². The predicted molar refractivity (Wildman–Crippen MR) is 120 cm³/mol. The number of anilines is 1. The Morgan fingerprint density at radius 2 is 1.77 bits per heavy atom. The molecule has 0 spiro atoms. The minimum absolute atomic E-state index is 0.00327. The molecule has 0 saturated heterocycles. The number of amides is 1. The highest BCUT2D eigenvalue weighted by Gasteiger charge is 2.13. The lowest BCUT2D eigenvalue weighted by molar-refractivity contribution is -0.384. The summed E-state index contributed by atoms with van der Waals surface area (Å²) in [5.74, 6) is 1.07. The second-order valence-electron chi connectivity index (χ2n) is 7.05. The number of benzene rings is 2. The van der Waals surface area contributed by atoms with E-state index in [0.717, 1.165) is 11.3 Å². The van der Waals surface area contributed by atoms with Crippen LogP contribution >= 0.6 is 0 Å². The molecule has 0 unspecified atom stereocenters.